The van der Waals surface area contributed by atoms with Gasteiger partial charge in [0, 0.05) is 6.42 Å². The minimum Gasteiger partial charge on any atom is -0.493 e. The first-order valence-corrected chi connectivity index (χ1v) is 7.17. The Bertz CT molecular complexity index is 386. The monoisotopic (exact) mass is 280 g/mol. The predicted octanol–water partition coefficient (Wildman–Crippen LogP) is 3.44. The maximum absolute atomic E-state index is 10.9. The number of hydrogen-bond acceptors (Lipinski definition) is 4. The van der Waals surface area contributed by atoms with Crippen molar-refractivity contribution in [1.29, 1.82) is 0 Å². The van der Waals surface area contributed by atoms with Gasteiger partial charge in [-0.25, -0.2) is 0 Å². The first-order valence-electron chi connectivity index (χ1n) is 7.17. The Morgan fingerprint density at radius 1 is 1.05 bits per heavy atom. The molecule has 0 amide bonds. The molecule has 0 saturated heterocycles. The van der Waals surface area contributed by atoms with Crippen molar-refractivity contribution >= 4 is 5.97 Å². The van der Waals surface area contributed by atoms with E-state index in [4.69, 9.17) is 14.2 Å². The van der Waals surface area contributed by atoms with Crippen molar-refractivity contribution in [2.45, 2.75) is 33.6 Å². The molecule has 0 bridgehead atoms. The third kappa shape index (κ3) is 6.45. The number of rotatable bonds is 9. The maximum Gasteiger partial charge on any atom is 0.305 e. The van der Waals surface area contributed by atoms with Gasteiger partial charge in [-0.15, -0.1) is 0 Å². The second-order valence-corrected chi connectivity index (χ2v) is 4.72. The van der Waals surface area contributed by atoms with Crippen LogP contribution in [0.2, 0.25) is 0 Å². The number of ether oxygens (including phenoxy) is 3. The summed E-state index contributed by atoms with van der Waals surface area (Å²) in [6.45, 7) is 7.44. The van der Waals surface area contributed by atoms with Crippen molar-refractivity contribution in [2.75, 3.05) is 19.8 Å². The Balaban J connectivity index is 2.26. The van der Waals surface area contributed by atoms with Gasteiger partial charge in [-0.2, -0.15) is 0 Å². The summed E-state index contributed by atoms with van der Waals surface area (Å²) in [5, 5.41) is 0. The highest BCUT2D eigenvalue weighted by Crippen LogP contribution is 2.18. The van der Waals surface area contributed by atoms with Crippen LogP contribution in [-0.4, -0.2) is 25.8 Å². The molecule has 112 valence electrons. The minimum absolute atomic E-state index is 0.206. The quantitative estimate of drug-likeness (QED) is 0.513. The van der Waals surface area contributed by atoms with Gasteiger partial charge < -0.3 is 14.2 Å². The van der Waals surface area contributed by atoms with Crippen LogP contribution in [0.1, 0.15) is 33.6 Å². The summed E-state index contributed by atoms with van der Waals surface area (Å²) in [6, 6.07) is 7.48. The lowest BCUT2D eigenvalue weighted by Crippen LogP contribution is -2.11. The lowest BCUT2D eigenvalue weighted by Gasteiger charge is -2.11. The van der Waals surface area contributed by atoms with Crippen molar-refractivity contribution in [3.8, 4) is 11.5 Å². The highest BCUT2D eigenvalue weighted by atomic mass is 16.6. The summed E-state index contributed by atoms with van der Waals surface area (Å²) in [4.78, 5) is 10.9. The third-order valence-electron chi connectivity index (χ3n) is 2.96. The molecule has 1 atom stereocenters. The summed E-state index contributed by atoms with van der Waals surface area (Å²) < 4.78 is 16.1. The van der Waals surface area contributed by atoms with Gasteiger partial charge in [-0.05, 0) is 30.2 Å². The third-order valence-corrected chi connectivity index (χ3v) is 2.96. The van der Waals surface area contributed by atoms with Gasteiger partial charge in [0.15, 0.2) is 0 Å². The first kappa shape index (κ1) is 16.3. The summed E-state index contributed by atoms with van der Waals surface area (Å²) in [5.41, 5.74) is 0. The fourth-order valence-electron chi connectivity index (χ4n) is 1.41. The highest BCUT2D eigenvalue weighted by Gasteiger charge is 2.02. The zero-order chi connectivity index (χ0) is 14.8. The summed E-state index contributed by atoms with van der Waals surface area (Å²) in [7, 11) is 0. The molecule has 0 radical (unpaired) electrons. The van der Waals surface area contributed by atoms with E-state index < -0.39 is 0 Å². The Hall–Kier alpha value is -1.71. The molecule has 4 heteroatoms. The molecule has 20 heavy (non-hydrogen) atoms. The normalized spacial score (nSPS) is 11.8. The summed E-state index contributed by atoms with van der Waals surface area (Å²) in [5.74, 6) is 1.94. The Morgan fingerprint density at radius 2 is 1.65 bits per heavy atom. The molecule has 0 fully saturated rings. The average molecular weight is 280 g/mol. The van der Waals surface area contributed by atoms with Gasteiger partial charge >= 0.3 is 5.97 Å². The fraction of sp³-hybridized carbons (Fsp3) is 0.562. The van der Waals surface area contributed by atoms with Crippen LogP contribution in [0.4, 0.5) is 0 Å². The molecule has 0 heterocycles. The van der Waals surface area contributed by atoms with Gasteiger partial charge in [0.1, 0.15) is 24.7 Å². The molecule has 0 saturated carbocycles. The van der Waals surface area contributed by atoms with Gasteiger partial charge in [0.2, 0.25) is 0 Å². The second-order valence-electron chi connectivity index (χ2n) is 4.72. The van der Waals surface area contributed by atoms with E-state index in [1.807, 2.05) is 24.3 Å². The highest BCUT2D eigenvalue weighted by molar-refractivity contribution is 5.68. The van der Waals surface area contributed by atoms with Crippen molar-refractivity contribution in [3.63, 3.8) is 0 Å². The van der Waals surface area contributed by atoms with Crippen LogP contribution in [0.3, 0.4) is 0 Å². The molecule has 0 aliphatic heterocycles. The van der Waals surface area contributed by atoms with Gasteiger partial charge in [-0.3, -0.25) is 4.79 Å². The Labute approximate surface area is 121 Å². The van der Waals surface area contributed by atoms with Crippen LogP contribution in [0.15, 0.2) is 24.3 Å². The van der Waals surface area contributed by atoms with Crippen LogP contribution >= 0.6 is 0 Å². The van der Waals surface area contributed by atoms with Crippen LogP contribution in [0, 0.1) is 5.92 Å². The average Bonchev–Trinajstić information content (AvgIpc) is 2.49. The molecular formula is C16H24O4. The molecule has 0 aliphatic carbocycles. The van der Waals surface area contributed by atoms with E-state index in [1.165, 1.54) is 0 Å². The molecule has 0 N–H and O–H groups in total. The SMILES string of the molecule is CCC(=O)OCCOc1ccc(OCC(C)CC)cc1. The van der Waals surface area contributed by atoms with E-state index in [0.717, 1.165) is 24.5 Å². The van der Waals surface area contributed by atoms with E-state index >= 15 is 0 Å². The number of carbonyl (C=O) groups excluding carboxylic acids is 1. The molecule has 0 spiro atoms. The summed E-state index contributed by atoms with van der Waals surface area (Å²) >= 11 is 0. The van der Waals surface area contributed by atoms with Gasteiger partial charge in [0.25, 0.3) is 0 Å². The second kappa shape index (κ2) is 9.23. The molecule has 1 aromatic rings. The van der Waals surface area contributed by atoms with Crippen LogP contribution < -0.4 is 9.47 Å². The van der Waals surface area contributed by atoms with Crippen LogP contribution in [0.5, 0.6) is 11.5 Å². The zero-order valence-electron chi connectivity index (χ0n) is 12.6. The molecule has 4 nitrogen and oxygen atoms in total. The van der Waals surface area contributed by atoms with Crippen molar-refractivity contribution < 1.29 is 19.0 Å². The Kier molecular flexibility index (Phi) is 7.55. The van der Waals surface area contributed by atoms with Crippen LogP contribution in [0.25, 0.3) is 0 Å². The topological polar surface area (TPSA) is 44.8 Å². The van der Waals surface area contributed by atoms with E-state index in [0.29, 0.717) is 18.9 Å². The molecular weight excluding hydrogens is 256 g/mol. The molecule has 0 aliphatic rings. The lowest BCUT2D eigenvalue weighted by molar-refractivity contribution is -0.143. The molecule has 0 aromatic heterocycles. The van der Waals surface area contributed by atoms with Crippen molar-refractivity contribution in [3.05, 3.63) is 24.3 Å². The fourth-order valence-corrected chi connectivity index (χ4v) is 1.41. The standard InChI is InChI=1S/C16H24O4/c1-4-13(3)12-20-15-8-6-14(7-9-15)18-10-11-19-16(17)5-2/h6-9,13H,4-5,10-12H2,1-3H3. The smallest absolute Gasteiger partial charge is 0.305 e. The van der Waals surface area contributed by atoms with E-state index in [1.54, 1.807) is 6.92 Å². The number of hydrogen-bond donors (Lipinski definition) is 0. The van der Waals surface area contributed by atoms with Crippen LogP contribution in [-0.2, 0) is 9.53 Å². The van der Waals surface area contributed by atoms with Crippen molar-refractivity contribution in [2.24, 2.45) is 5.92 Å². The predicted molar refractivity (Wildman–Crippen MR) is 78.1 cm³/mol. The van der Waals surface area contributed by atoms with E-state index in [2.05, 4.69) is 13.8 Å². The van der Waals surface area contributed by atoms with Crippen molar-refractivity contribution in [1.82, 2.24) is 0 Å². The van der Waals surface area contributed by atoms with Gasteiger partial charge in [0.05, 0.1) is 6.61 Å². The summed E-state index contributed by atoms with van der Waals surface area (Å²) in [6.07, 6.45) is 1.50. The Morgan fingerprint density at radius 3 is 2.20 bits per heavy atom. The number of benzene rings is 1. The minimum atomic E-state index is -0.206. The van der Waals surface area contributed by atoms with E-state index in [9.17, 15) is 4.79 Å². The molecule has 1 rings (SSSR count). The molecule has 1 unspecified atom stereocenters. The largest absolute Gasteiger partial charge is 0.493 e. The maximum atomic E-state index is 10.9. The van der Waals surface area contributed by atoms with Gasteiger partial charge in [-0.1, -0.05) is 27.2 Å². The van der Waals surface area contributed by atoms with E-state index in [-0.39, 0.29) is 12.6 Å². The molecule has 1 aromatic carbocycles. The first-order chi connectivity index (χ1) is 9.65. The number of carbonyl (C=O) groups is 1. The zero-order valence-corrected chi connectivity index (χ0v) is 12.6. The number of esters is 1. The lowest BCUT2D eigenvalue weighted by atomic mass is 10.1.